The molecule has 0 radical (unpaired) electrons. The highest BCUT2D eigenvalue weighted by Gasteiger charge is 2.49. The first-order valence-electron chi connectivity index (χ1n) is 8.36. The van der Waals surface area contributed by atoms with E-state index in [0.717, 1.165) is 11.6 Å². The summed E-state index contributed by atoms with van der Waals surface area (Å²) in [5.74, 6) is 0. The van der Waals surface area contributed by atoms with Gasteiger partial charge in [0, 0.05) is 6.04 Å². The van der Waals surface area contributed by atoms with Crippen LogP contribution in [0.3, 0.4) is 0 Å². The highest BCUT2D eigenvalue weighted by atomic mass is 28.5. The molecule has 0 aliphatic rings. The Morgan fingerprint density at radius 3 is 1.35 bits per heavy atom. The fraction of sp³-hybridized carbons (Fsp3) is 0.867. The minimum Gasteiger partial charge on any atom is -0.417 e. The van der Waals surface area contributed by atoms with Crippen molar-refractivity contribution >= 4 is 33.8 Å². The summed E-state index contributed by atoms with van der Waals surface area (Å²) < 4.78 is 25.5. The van der Waals surface area contributed by atoms with Gasteiger partial charge >= 0.3 is 8.80 Å². The van der Waals surface area contributed by atoms with Gasteiger partial charge in [0.05, 0.1) is 13.2 Å². The molecule has 0 fully saturated rings. The van der Waals surface area contributed by atoms with Gasteiger partial charge in [0.15, 0.2) is 25.0 Å². The lowest BCUT2D eigenvalue weighted by molar-refractivity contribution is 0.152. The highest BCUT2D eigenvalue weighted by molar-refractivity contribution is 6.90. The summed E-state index contributed by atoms with van der Waals surface area (Å²) >= 11 is 0. The third kappa shape index (κ3) is 13.4. The van der Waals surface area contributed by atoms with Crippen LogP contribution in [0.25, 0.3) is 0 Å². The van der Waals surface area contributed by atoms with Crippen molar-refractivity contribution in [3.8, 4) is 0 Å². The lowest BCUT2D eigenvalue weighted by Gasteiger charge is -2.42. The zero-order valence-corrected chi connectivity index (χ0v) is 21.0. The quantitative estimate of drug-likeness (QED) is 0.278. The van der Waals surface area contributed by atoms with Crippen LogP contribution in [0.15, 0.2) is 12.2 Å². The smallest absolute Gasteiger partial charge is 0.417 e. The van der Waals surface area contributed by atoms with Crippen LogP contribution in [0.1, 0.15) is 6.92 Å². The molecule has 0 aromatic heterocycles. The van der Waals surface area contributed by atoms with E-state index in [-0.39, 0.29) is 0 Å². The Bertz CT molecular complexity index is 340. The normalized spacial score (nSPS) is 14.2. The van der Waals surface area contributed by atoms with Crippen LogP contribution in [0.4, 0.5) is 0 Å². The number of hydrogen-bond acceptors (Lipinski definition) is 4. The van der Waals surface area contributed by atoms with E-state index >= 15 is 0 Å². The van der Waals surface area contributed by atoms with E-state index in [4.69, 9.17) is 17.1 Å². The van der Waals surface area contributed by atoms with E-state index in [1.807, 2.05) is 6.92 Å². The predicted molar refractivity (Wildman–Crippen MR) is 109 cm³/mol. The van der Waals surface area contributed by atoms with Crippen LogP contribution in [-0.4, -0.2) is 47.0 Å². The maximum Gasteiger partial charge on any atom is 0.471 e. The van der Waals surface area contributed by atoms with Gasteiger partial charge < -0.3 is 17.1 Å². The van der Waals surface area contributed by atoms with Crippen molar-refractivity contribution in [3.63, 3.8) is 0 Å². The lowest BCUT2D eigenvalue weighted by Crippen LogP contribution is -2.60. The molecule has 0 aromatic rings. The Morgan fingerprint density at radius 1 is 0.739 bits per heavy atom. The summed E-state index contributed by atoms with van der Waals surface area (Å²) in [7, 11) is -8.12. The second-order valence-electron chi connectivity index (χ2n) is 9.09. The minimum atomic E-state index is -2.74. The summed E-state index contributed by atoms with van der Waals surface area (Å²) in [6, 6.07) is 0.721. The molecule has 23 heavy (non-hydrogen) atoms. The molecule has 0 heterocycles. The first-order valence-corrected chi connectivity index (χ1v) is 20.5. The fourth-order valence-electron chi connectivity index (χ4n) is 2.06. The van der Waals surface area contributed by atoms with Gasteiger partial charge in [0.2, 0.25) is 0 Å². The Hall–Kier alpha value is 0.448. The third-order valence-electron chi connectivity index (χ3n) is 2.29. The molecule has 138 valence electrons. The molecular formula is C15H38O4Si4. The SMILES string of the molecule is C=C(C)COCC[Si](O[Si](C)(C)C)(O[Si](C)(C)C)O[Si](C)(C)C. The van der Waals surface area contributed by atoms with Crippen LogP contribution in [0.5, 0.6) is 0 Å². The summed E-state index contributed by atoms with van der Waals surface area (Å²) in [6.45, 7) is 26.8. The van der Waals surface area contributed by atoms with Crippen molar-refractivity contribution < 1.29 is 17.1 Å². The van der Waals surface area contributed by atoms with E-state index in [9.17, 15) is 0 Å². The molecule has 0 unspecified atom stereocenters. The zero-order chi connectivity index (χ0) is 18.5. The van der Waals surface area contributed by atoms with Gasteiger partial charge in [0.1, 0.15) is 0 Å². The summed E-state index contributed by atoms with van der Waals surface area (Å²) in [4.78, 5) is 0. The zero-order valence-electron chi connectivity index (χ0n) is 17.0. The van der Waals surface area contributed by atoms with Gasteiger partial charge in [-0.3, -0.25) is 0 Å². The summed E-state index contributed by atoms with van der Waals surface area (Å²) in [5, 5.41) is 0. The van der Waals surface area contributed by atoms with Crippen LogP contribution < -0.4 is 0 Å². The van der Waals surface area contributed by atoms with Gasteiger partial charge in [-0.2, -0.15) is 0 Å². The number of ether oxygens (including phenoxy) is 1. The van der Waals surface area contributed by atoms with Gasteiger partial charge in [-0.25, -0.2) is 0 Å². The molecule has 0 rings (SSSR count). The molecule has 0 aromatic carbocycles. The second kappa shape index (κ2) is 8.70. The average molecular weight is 395 g/mol. The molecule has 0 N–H and O–H groups in total. The molecular weight excluding hydrogens is 357 g/mol. The van der Waals surface area contributed by atoms with Crippen LogP contribution in [0, 0.1) is 0 Å². The van der Waals surface area contributed by atoms with Crippen molar-refractivity contribution in [1.29, 1.82) is 0 Å². The maximum atomic E-state index is 6.58. The Labute approximate surface area is 148 Å². The minimum absolute atomic E-state index is 0.581. The first kappa shape index (κ1) is 23.4. The Morgan fingerprint density at radius 2 is 1.09 bits per heavy atom. The van der Waals surface area contributed by atoms with E-state index in [2.05, 4.69) is 65.5 Å². The Balaban J connectivity index is 5.32. The van der Waals surface area contributed by atoms with Crippen LogP contribution in [0.2, 0.25) is 65.0 Å². The van der Waals surface area contributed by atoms with Gasteiger partial charge in [-0.15, -0.1) is 0 Å². The van der Waals surface area contributed by atoms with Crippen LogP contribution >= 0.6 is 0 Å². The van der Waals surface area contributed by atoms with Crippen molar-refractivity contribution in [1.82, 2.24) is 0 Å². The molecule has 4 nitrogen and oxygen atoms in total. The third-order valence-corrected chi connectivity index (χ3v) is 14.2. The van der Waals surface area contributed by atoms with Crippen molar-refractivity contribution in [2.45, 2.75) is 71.9 Å². The maximum absolute atomic E-state index is 6.58. The van der Waals surface area contributed by atoms with Crippen molar-refractivity contribution in [2.24, 2.45) is 0 Å². The predicted octanol–water partition coefficient (Wildman–Crippen LogP) is 5.07. The monoisotopic (exact) mass is 394 g/mol. The first-order chi connectivity index (χ1) is 10.0. The summed E-state index contributed by atoms with van der Waals surface area (Å²) in [6.07, 6.45) is 0. The molecule has 0 atom stereocenters. The molecule has 0 saturated heterocycles. The standard InChI is InChI=1S/C15H38O4Si4/c1-15(2)14-16-12-13-23(17-20(3,4)5,18-21(6,7)8)19-22(9,10)11/h1,12-14H2,2-11H3. The van der Waals surface area contributed by atoms with E-state index < -0.39 is 33.8 Å². The van der Waals surface area contributed by atoms with Gasteiger partial charge in [0.25, 0.3) is 0 Å². The molecule has 0 saturated carbocycles. The number of rotatable bonds is 11. The molecule has 0 aliphatic heterocycles. The van der Waals surface area contributed by atoms with Gasteiger partial charge in [-0.05, 0) is 65.8 Å². The topological polar surface area (TPSA) is 36.9 Å². The van der Waals surface area contributed by atoms with Gasteiger partial charge in [-0.1, -0.05) is 12.2 Å². The molecule has 0 aliphatic carbocycles. The molecule has 0 amide bonds. The number of hydrogen-bond donors (Lipinski definition) is 0. The molecule has 0 spiro atoms. The average Bonchev–Trinajstić information content (AvgIpc) is 2.16. The van der Waals surface area contributed by atoms with E-state index in [1.54, 1.807) is 0 Å². The fourth-order valence-corrected chi connectivity index (χ4v) is 16.5. The molecule has 0 bridgehead atoms. The second-order valence-corrected chi connectivity index (χ2v) is 26.1. The largest absolute Gasteiger partial charge is 0.471 e. The highest BCUT2D eigenvalue weighted by Crippen LogP contribution is 2.28. The molecule has 8 heteroatoms. The van der Waals surface area contributed by atoms with Crippen molar-refractivity contribution in [3.05, 3.63) is 12.2 Å². The Kier molecular flexibility index (Phi) is 8.87. The van der Waals surface area contributed by atoms with E-state index in [0.29, 0.717) is 13.2 Å². The van der Waals surface area contributed by atoms with Crippen LogP contribution in [-0.2, 0) is 17.1 Å². The van der Waals surface area contributed by atoms with E-state index in [1.165, 1.54) is 0 Å². The summed E-state index contributed by atoms with van der Waals surface area (Å²) in [5.41, 5.74) is 1.03. The lowest BCUT2D eigenvalue weighted by atomic mass is 10.4. The van der Waals surface area contributed by atoms with Crippen molar-refractivity contribution in [2.75, 3.05) is 13.2 Å².